The average Bonchev–Trinajstić information content (AvgIpc) is 3.65. The van der Waals surface area contributed by atoms with E-state index in [-0.39, 0.29) is 18.5 Å². The van der Waals surface area contributed by atoms with E-state index in [0.29, 0.717) is 12.1 Å². The zero-order chi connectivity index (χ0) is 26.2. The fraction of sp³-hybridized carbons (Fsp3) is 0.241. The summed E-state index contributed by atoms with van der Waals surface area (Å²) in [7, 11) is 0. The van der Waals surface area contributed by atoms with Crippen molar-refractivity contribution >= 4 is 29.1 Å². The van der Waals surface area contributed by atoms with Gasteiger partial charge < -0.3 is 0 Å². The lowest BCUT2D eigenvalue weighted by Gasteiger charge is -2.25. The minimum Gasteiger partial charge on any atom is -0.271 e. The fourth-order valence-corrected chi connectivity index (χ4v) is 5.18. The maximum atomic E-state index is 13.6. The van der Waals surface area contributed by atoms with E-state index in [4.69, 9.17) is 5.10 Å². The Morgan fingerprint density at radius 3 is 2.26 bits per heavy atom. The van der Waals surface area contributed by atoms with Crippen molar-refractivity contribution in [1.82, 2.24) is 10.0 Å². The molecule has 3 aliphatic heterocycles. The number of amides is 3. The lowest BCUT2D eigenvalue weighted by atomic mass is 9.98. The predicted octanol–water partition coefficient (Wildman–Crippen LogP) is 3.92. The molecule has 0 spiro atoms. The molecule has 6 rings (SSSR count). The van der Waals surface area contributed by atoms with Gasteiger partial charge in [-0.3, -0.25) is 19.4 Å². The second kappa shape index (κ2) is 9.66. The van der Waals surface area contributed by atoms with Gasteiger partial charge in [0.25, 0.3) is 17.7 Å². The van der Waals surface area contributed by atoms with Crippen LogP contribution in [0.4, 0.5) is 5.69 Å². The van der Waals surface area contributed by atoms with Crippen LogP contribution >= 0.6 is 0 Å². The Balaban J connectivity index is 1.24. The first kappa shape index (κ1) is 23.7. The molecule has 9 nitrogen and oxygen atoms in total. The average molecular weight is 507 g/mol. The summed E-state index contributed by atoms with van der Waals surface area (Å²) < 4.78 is 0. The van der Waals surface area contributed by atoms with Crippen molar-refractivity contribution in [3.8, 4) is 0 Å². The largest absolute Gasteiger partial charge is 0.271 e. The van der Waals surface area contributed by atoms with Crippen molar-refractivity contribution in [2.24, 2.45) is 15.4 Å². The van der Waals surface area contributed by atoms with E-state index in [2.05, 4.69) is 10.3 Å². The number of imide groups is 1. The molecule has 3 atom stereocenters. The molecule has 38 heavy (non-hydrogen) atoms. The van der Waals surface area contributed by atoms with Gasteiger partial charge in [0.1, 0.15) is 6.54 Å². The molecule has 9 heteroatoms. The van der Waals surface area contributed by atoms with E-state index >= 15 is 0 Å². The molecule has 3 aliphatic rings. The molecular weight excluding hydrogens is 480 g/mol. The van der Waals surface area contributed by atoms with Crippen LogP contribution in [0.3, 0.4) is 0 Å². The van der Waals surface area contributed by atoms with Crippen molar-refractivity contribution in [1.29, 1.82) is 0 Å². The molecule has 0 unspecified atom stereocenters. The van der Waals surface area contributed by atoms with Gasteiger partial charge in [-0.25, -0.2) is 9.91 Å². The smallest absolute Gasteiger partial charge is 0.264 e. The van der Waals surface area contributed by atoms with Crippen LogP contribution in [0.2, 0.25) is 0 Å². The molecule has 1 fully saturated rings. The van der Waals surface area contributed by atoms with Gasteiger partial charge >= 0.3 is 0 Å². The summed E-state index contributed by atoms with van der Waals surface area (Å²) in [5.74, 6) is -1.19. The lowest BCUT2D eigenvalue weighted by Crippen LogP contribution is -2.44. The molecule has 3 heterocycles. The third-order valence-electron chi connectivity index (χ3n) is 7.22. The number of nitrogens with zero attached hydrogens (tertiary/aromatic N) is 6. The molecule has 0 saturated carbocycles. The second-order valence-corrected chi connectivity index (χ2v) is 9.51. The number of hydrogen-bond donors (Lipinski definition) is 0. The standard InChI is InChI=1S/C29H26N6O3/c1-2-19-13-15-22(16-14-19)34-28(37)26-27(29(34)38)33(32-30-26)18-25(36)35-24(21-11-7-4-8-12-21)17-23(31-35)20-9-5-3-6-10-20/h3-16,24,26-27H,2,17-18H2,1H3/t24-,26-,27+/m0/s1. The number of anilines is 1. The molecule has 0 radical (unpaired) electrons. The van der Waals surface area contributed by atoms with E-state index in [1.54, 1.807) is 12.1 Å². The van der Waals surface area contributed by atoms with Gasteiger partial charge in [0.15, 0.2) is 12.1 Å². The van der Waals surface area contributed by atoms with Gasteiger partial charge in [-0.1, -0.05) is 84.9 Å². The zero-order valence-electron chi connectivity index (χ0n) is 20.8. The summed E-state index contributed by atoms with van der Waals surface area (Å²) in [5.41, 5.74) is 4.32. The van der Waals surface area contributed by atoms with Crippen LogP contribution in [0, 0.1) is 0 Å². The van der Waals surface area contributed by atoms with Crippen molar-refractivity contribution in [3.63, 3.8) is 0 Å². The second-order valence-electron chi connectivity index (χ2n) is 9.51. The molecule has 190 valence electrons. The van der Waals surface area contributed by atoms with E-state index < -0.39 is 23.9 Å². The molecule has 3 aromatic rings. The third kappa shape index (κ3) is 4.06. The van der Waals surface area contributed by atoms with Gasteiger partial charge in [0.05, 0.1) is 17.4 Å². The van der Waals surface area contributed by atoms with Crippen LogP contribution in [0.25, 0.3) is 0 Å². The van der Waals surface area contributed by atoms with Gasteiger partial charge in [0, 0.05) is 6.42 Å². The number of benzene rings is 3. The van der Waals surface area contributed by atoms with Gasteiger partial charge in [-0.05, 0) is 35.2 Å². The summed E-state index contributed by atoms with van der Waals surface area (Å²) in [5, 5.41) is 15.6. The molecule has 1 saturated heterocycles. The Morgan fingerprint density at radius 2 is 1.58 bits per heavy atom. The molecule has 3 aromatic carbocycles. The SMILES string of the molecule is CCc1ccc(N2C(=O)[C@H]3N=NN(CC(=O)N4N=C(c5ccccc5)C[C@H]4c4ccccc4)[C@H]3C2=O)cc1. The summed E-state index contributed by atoms with van der Waals surface area (Å²) in [6, 6.07) is 24.6. The zero-order valence-corrected chi connectivity index (χ0v) is 20.8. The summed E-state index contributed by atoms with van der Waals surface area (Å²) in [6.07, 6.45) is 1.42. The molecule has 0 bridgehead atoms. The minimum absolute atomic E-state index is 0.221. The number of carbonyl (C=O) groups excluding carboxylic acids is 3. The van der Waals surface area contributed by atoms with Crippen molar-refractivity contribution in [2.45, 2.75) is 37.9 Å². The Morgan fingerprint density at radius 1 is 0.895 bits per heavy atom. The Labute approximate surface area is 220 Å². The van der Waals surface area contributed by atoms with Crippen LogP contribution < -0.4 is 4.90 Å². The molecule has 0 N–H and O–H groups in total. The minimum atomic E-state index is -0.965. The van der Waals surface area contributed by atoms with E-state index in [1.807, 2.05) is 79.7 Å². The maximum absolute atomic E-state index is 13.6. The van der Waals surface area contributed by atoms with Crippen LogP contribution in [0.15, 0.2) is 100 Å². The molecule has 0 aliphatic carbocycles. The number of hydrogen-bond acceptors (Lipinski definition) is 7. The highest BCUT2D eigenvalue weighted by Gasteiger charge is 2.55. The highest BCUT2D eigenvalue weighted by Crippen LogP contribution is 2.35. The summed E-state index contributed by atoms with van der Waals surface area (Å²) in [4.78, 5) is 41.2. The number of carbonyl (C=O) groups is 3. The Kier molecular flexibility index (Phi) is 6.03. The number of rotatable bonds is 6. The van der Waals surface area contributed by atoms with Crippen molar-refractivity contribution in [3.05, 3.63) is 102 Å². The topological polar surface area (TPSA) is 98.0 Å². The van der Waals surface area contributed by atoms with Gasteiger partial charge in [-0.2, -0.15) is 10.2 Å². The van der Waals surface area contributed by atoms with Crippen molar-refractivity contribution < 1.29 is 14.4 Å². The van der Waals surface area contributed by atoms with E-state index in [0.717, 1.165) is 33.7 Å². The fourth-order valence-electron chi connectivity index (χ4n) is 5.18. The number of fused-ring (bicyclic) bond motifs is 1. The highest BCUT2D eigenvalue weighted by atomic mass is 16.2. The predicted molar refractivity (Wildman–Crippen MR) is 141 cm³/mol. The number of hydrazone groups is 1. The third-order valence-corrected chi connectivity index (χ3v) is 7.22. The summed E-state index contributed by atoms with van der Waals surface area (Å²) in [6.45, 7) is 1.82. The lowest BCUT2D eigenvalue weighted by molar-refractivity contribution is -0.135. The van der Waals surface area contributed by atoms with E-state index in [1.165, 1.54) is 10.0 Å². The quantitative estimate of drug-likeness (QED) is 0.473. The van der Waals surface area contributed by atoms with Crippen molar-refractivity contribution in [2.75, 3.05) is 11.4 Å². The molecule has 3 amide bonds. The van der Waals surface area contributed by atoms with Crippen LogP contribution in [-0.2, 0) is 20.8 Å². The van der Waals surface area contributed by atoms with Gasteiger partial charge in [-0.15, -0.1) is 0 Å². The van der Waals surface area contributed by atoms with E-state index in [9.17, 15) is 14.4 Å². The maximum Gasteiger partial charge on any atom is 0.264 e. The number of aryl methyl sites for hydroxylation is 1. The Bertz CT molecular complexity index is 1440. The summed E-state index contributed by atoms with van der Waals surface area (Å²) >= 11 is 0. The first-order valence-electron chi connectivity index (χ1n) is 12.7. The highest BCUT2D eigenvalue weighted by molar-refractivity contribution is 6.25. The normalized spacial score (nSPS) is 22.3. The monoisotopic (exact) mass is 506 g/mol. The van der Waals surface area contributed by atoms with Crippen LogP contribution in [0.1, 0.15) is 36.1 Å². The molecule has 0 aromatic heterocycles. The molecular formula is C29H26N6O3. The van der Waals surface area contributed by atoms with Gasteiger partial charge in [0.2, 0.25) is 0 Å². The van der Waals surface area contributed by atoms with Crippen LogP contribution in [0.5, 0.6) is 0 Å². The first-order valence-corrected chi connectivity index (χ1v) is 12.7. The Hall–Kier alpha value is -4.66. The first-order chi connectivity index (χ1) is 18.5. The van der Waals surface area contributed by atoms with Crippen LogP contribution in [-0.4, -0.2) is 52.1 Å².